The van der Waals surface area contributed by atoms with Crippen molar-refractivity contribution >= 4 is 21.8 Å². The summed E-state index contributed by atoms with van der Waals surface area (Å²) in [4.78, 5) is 0. The van der Waals surface area contributed by atoms with Crippen molar-refractivity contribution in [2.24, 2.45) is 0 Å². The highest BCUT2D eigenvalue weighted by Gasteiger charge is 2.24. The van der Waals surface area contributed by atoms with E-state index in [1.807, 2.05) is 12.1 Å². The summed E-state index contributed by atoms with van der Waals surface area (Å²) >= 11 is 0. The summed E-state index contributed by atoms with van der Waals surface area (Å²) in [5.41, 5.74) is 8.20. The van der Waals surface area contributed by atoms with Crippen molar-refractivity contribution in [3.63, 3.8) is 0 Å². The number of nitrogens with zero attached hydrogens (tertiary/aromatic N) is 1. The van der Waals surface area contributed by atoms with Crippen LogP contribution >= 0.6 is 0 Å². The zero-order valence-electron chi connectivity index (χ0n) is 17.3. The van der Waals surface area contributed by atoms with Crippen LogP contribution in [-0.2, 0) is 0 Å². The van der Waals surface area contributed by atoms with Gasteiger partial charge in [-0.2, -0.15) is 0 Å². The lowest BCUT2D eigenvalue weighted by Crippen LogP contribution is -2.03. The molecule has 32 heavy (non-hydrogen) atoms. The van der Waals surface area contributed by atoms with Gasteiger partial charge in [0.25, 0.3) is 0 Å². The number of hydrogen-bond donors (Lipinski definition) is 0. The normalized spacial score (nSPS) is 12.0. The van der Waals surface area contributed by atoms with Crippen LogP contribution < -0.4 is 4.74 Å². The Morgan fingerprint density at radius 2 is 1.19 bits per heavy atom. The standard InChI is InChI=1S/C30H19NO/c1-2-9-20(10-3-1)21-11-8-12-22(17-21)23-18-25-24-13-4-5-14-26(24)31-27-15-6-7-16-28(27)32-29(19-23)30(25)31/h1-19H. The molecule has 0 aliphatic carbocycles. The summed E-state index contributed by atoms with van der Waals surface area (Å²) in [7, 11) is 0. The largest absolute Gasteiger partial charge is 0.453 e. The Morgan fingerprint density at radius 3 is 2.09 bits per heavy atom. The van der Waals surface area contributed by atoms with E-state index in [9.17, 15) is 0 Å². The van der Waals surface area contributed by atoms with Crippen molar-refractivity contribution in [1.29, 1.82) is 0 Å². The first-order valence-electron chi connectivity index (χ1n) is 10.9. The van der Waals surface area contributed by atoms with Crippen molar-refractivity contribution in [2.45, 2.75) is 0 Å². The number of aromatic nitrogens is 1. The van der Waals surface area contributed by atoms with Gasteiger partial charge in [-0.1, -0.05) is 78.9 Å². The summed E-state index contributed by atoms with van der Waals surface area (Å²) in [6.45, 7) is 0. The van der Waals surface area contributed by atoms with Gasteiger partial charge in [0.05, 0.1) is 16.7 Å². The number of rotatable bonds is 2. The minimum absolute atomic E-state index is 0.887. The number of hydrogen-bond acceptors (Lipinski definition) is 1. The molecule has 5 aromatic carbocycles. The van der Waals surface area contributed by atoms with Gasteiger partial charge in [-0.05, 0) is 58.7 Å². The monoisotopic (exact) mass is 409 g/mol. The topological polar surface area (TPSA) is 14.2 Å². The molecule has 150 valence electrons. The second-order valence-corrected chi connectivity index (χ2v) is 8.24. The van der Waals surface area contributed by atoms with Gasteiger partial charge in [-0.25, -0.2) is 0 Å². The van der Waals surface area contributed by atoms with E-state index in [1.165, 1.54) is 33.0 Å². The average Bonchev–Trinajstić information content (AvgIpc) is 3.20. The van der Waals surface area contributed by atoms with Crippen molar-refractivity contribution in [3.05, 3.63) is 115 Å². The van der Waals surface area contributed by atoms with E-state index in [0.717, 1.165) is 28.3 Å². The van der Waals surface area contributed by atoms with Crippen LogP contribution in [0, 0.1) is 0 Å². The average molecular weight is 409 g/mol. The van der Waals surface area contributed by atoms with Crippen LogP contribution in [0.3, 0.4) is 0 Å². The Labute approximate surface area is 185 Å². The Kier molecular flexibility index (Phi) is 3.58. The minimum atomic E-state index is 0.887. The molecule has 7 rings (SSSR count). The smallest absolute Gasteiger partial charge is 0.152 e. The summed E-state index contributed by atoms with van der Waals surface area (Å²) in [6.07, 6.45) is 0. The van der Waals surface area contributed by atoms with E-state index >= 15 is 0 Å². The van der Waals surface area contributed by atoms with E-state index in [4.69, 9.17) is 4.74 Å². The van der Waals surface area contributed by atoms with Crippen LogP contribution in [0.1, 0.15) is 0 Å². The zero-order chi connectivity index (χ0) is 21.1. The summed E-state index contributed by atoms with van der Waals surface area (Å²) in [5, 5.41) is 2.46. The molecular weight excluding hydrogens is 390 g/mol. The van der Waals surface area contributed by atoms with Crippen LogP contribution in [0.15, 0.2) is 115 Å². The number of benzene rings is 5. The Morgan fingerprint density at radius 1 is 0.469 bits per heavy atom. The van der Waals surface area contributed by atoms with Gasteiger partial charge in [0.15, 0.2) is 11.5 Å². The molecule has 0 atom stereocenters. The van der Waals surface area contributed by atoms with E-state index in [1.54, 1.807) is 0 Å². The first kappa shape index (κ1) is 17.4. The molecule has 0 amide bonds. The zero-order valence-corrected chi connectivity index (χ0v) is 17.3. The second-order valence-electron chi connectivity index (χ2n) is 8.24. The molecule has 2 heterocycles. The molecule has 0 radical (unpaired) electrons. The first-order chi connectivity index (χ1) is 15.9. The van der Waals surface area contributed by atoms with Crippen LogP contribution in [0.4, 0.5) is 0 Å². The molecule has 0 saturated heterocycles. The second kappa shape index (κ2) is 6.60. The lowest BCUT2D eigenvalue weighted by atomic mass is 9.97. The lowest BCUT2D eigenvalue weighted by molar-refractivity contribution is 0.476. The molecule has 1 aliphatic heterocycles. The van der Waals surface area contributed by atoms with Gasteiger partial charge in [0, 0.05) is 10.8 Å². The third kappa shape index (κ3) is 2.47. The van der Waals surface area contributed by atoms with Crippen LogP contribution in [-0.4, -0.2) is 4.57 Å². The molecule has 0 spiro atoms. The fraction of sp³-hybridized carbons (Fsp3) is 0. The Hall–Kier alpha value is -4.30. The number of para-hydroxylation sites is 3. The molecule has 0 bridgehead atoms. The molecule has 0 N–H and O–H groups in total. The van der Waals surface area contributed by atoms with Crippen molar-refractivity contribution in [3.8, 4) is 39.4 Å². The maximum absolute atomic E-state index is 6.44. The van der Waals surface area contributed by atoms with Gasteiger partial charge in [-0.3, -0.25) is 0 Å². The lowest BCUT2D eigenvalue weighted by Gasteiger charge is -2.21. The van der Waals surface area contributed by atoms with Gasteiger partial charge in [0.2, 0.25) is 0 Å². The quantitative estimate of drug-likeness (QED) is 0.280. The van der Waals surface area contributed by atoms with Gasteiger partial charge in [-0.15, -0.1) is 0 Å². The number of fused-ring (bicyclic) bond motifs is 5. The molecule has 0 saturated carbocycles. The Bertz CT molecular complexity index is 1640. The Balaban J connectivity index is 1.51. The minimum Gasteiger partial charge on any atom is -0.453 e. The molecule has 6 aromatic rings. The SMILES string of the molecule is c1ccc(-c2cccc(-c3cc4c5c(c3)c3ccccc3n5-c3ccccc3O4)c2)cc1. The van der Waals surface area contributed by atoms with Crippen LogP contribution in [0.2, 0.25) is 0 Å². The molecule has 1 aromatic heterocycles. The highest BCUT2D eigenvalue weighted by molar-refractivity contribution is 6.13. The maximum Gasteiger partial charge on any atom is 0.152 e. The van der Waals surface area contributed by atoms with E-state index in [2.05, 4.69) is 108 Å². The van der Waals surface area contributed by atoms with Gasteiger partial charge in [0.1, 0.15) is 0 Å². The summed E-state index contributed by atoms with van der Waals surface area (Å²) in [5.74, 6) is 1.79. The van der Waals surface area contributed by atoms with E-state index < -0.39 is 0 Å². The molecule has 0 fully saturated rings. The molecule has 1 aliphatic rings. The molecular formula is C30H19NO. The first-order valence-corrected chi connectivity index (χ1v) is 10.9. The van der Waals surface area contributed by atoms with Crippen LogP contribution in [0.25, 0.3) is 49.7 Å². The maximum atomic E-state index is 6.44. The fourth-order valence-electron chi connectivity index (χ4n) is 4.91. The highest BCUT2D eigenvalue weighted by Crippen LogP contribution is 2.47. The summed E-state index contributed by atoms with van der Waals surface area (Å²) < 4.78 is 8.77. The predicted octanol–water partition coefficient (Wildman–Crippen LogP) is 8.22. The molecule has 2 nitrogen and oxygen atoms in total. The summed E-state index contributed by atoms with van der Waals surface area (Å²) in [6, 6.07) is 40.6. The van der Waals surface area contributed by atoms with Crippen molar-refractivity contribution < 1.29 is 4.74 Å². The van der Waals surface area contributed by atoms with Gasteiger partial charge >= 0.3 is 0 Å². The van der Waals surface area contributed by atoms with Gasteiger partial charge < -0.3 is 9.30 Å². The third-order valence-corrected chi connectivity index (χ3v) is 6.36. The fourth-order valence-corrected chi connectivity index (χ4v) is 4.91. The van der Waals surface area contributed by atoms with Crippen LogP contribution in [0.5, 0.6) is 11.5 Å². The number of ether oxygens (including phenoxy) is 1. The predicted molar refractivity (Wildman–Crippen MR) is 132 cm³/mol. The molecule has 2 heteroatoms. The highest BCUT2D eigenvalue weighted by atomic mass is 16.5. The third-order valence-electron chi connectivity index (χ3n) is 6.36. The van der Waals surface area contributed by atoms with E-state index in [0.29, 0.717) is 0 Å². The van der Waals surface area contributed by atoms with E-state index in [-0.39, 0.29) is 0 Å². The van der Waals surface area contributed by atoms with Crippen molar-refractivity contribution in [1.82, 2.24) is 4.57 Å². The van der Waals surface area contributed by atoms with Crippen molar-refractivity contribution in [2.75, 3.05) is 0 Å². The molecule has 0 unspecified atom stereocenters.